The van der Waals surface area contributed by atoms with Gasteiger partial charge in [-0.2, -0.15) is 0 Å². The zero-order valence-corrected chi connectivity index (χ0v) is 13.2. The van der Waals surface area contributed by atoms with Gasteiger partial charge in [-0.25, -0.2) is 0 Å². The molecule has 0 fully saturated rings. The molecular weight excluding hydrogens is 276 g/mol. The van der Waals surface area contributed by atoms with Crippen molar-refractivity contribution < 1.29 is 9.59 Å². The Labute approximate surface area is 131 Å². The highest BCUT2D eigenvalue weighted by Gasteiger charge is 2.21. The first-order valence-corrected chi connectivity index (χ1v) is 7.56. The van der Waals surface area contributed by atoms with Gasteiger partial charge in [0.15, 0.2) is 0 Å². The van der Waals surface area contributed by atoms with E-state index in [1.54, 1.807) is 0 Å². The molecule has 4 heteroatoms. The Morgan fingerprint density at radius 2 is 1.50 bits per heavy atom. The van der Waals surface area contributed by atoms with Crippen molar-refractivity contribution in [3.8, 4) is 0 Å². The van der Waals surface area contributed by atoms with Crippen molar-refractivity contribution in [2.24, 2.45) is 5.92 Å². The number of hydrogen-bond donors (Lipinski definition) is 2. The van der Waals surface area contributed by atoms with Crippen LogP contribution in [0.5, 0.6) is 0 Å². The molecule has 0 amide bonds. The summed E-state index contributed by atoms with van der Waals surface area (Å²) in [6.45, 7) is 6.27. The number of nitrogens with one attached hydrogen (secondary N) is 2. The highest BCUT2D eigenvalue weighted by molar-refractivity contribution is 6.20. The number of benzene rings is 1. The van der Waals surface area contributed by atoms with Gasteiger partial charge in [0.2, 0.25) is 11.6 Å². The van der Waals surface area contributed by atoms with Crippen molar-refractivity contribution in [2.45, 2.75) is 33.2 Å². The minimum absolute atomic E-state index is 0.153. The number of ketones is 2. The Morgan fingerprint density at radius 3 is 2.14 bits per heavy atom. The minimum atomic E-state index is -0.192. The highest BCUT2D eigenvalue weighted by atomic mass is 16.1. The van der Waals surface area contributed by atoms with Crippen LogP contribution in [0.25, 0.3) is 0 Å². The predicted octanol–water partition coefficient (Wildman–Crippen LogP) is 3.04. The summed E-state index contributed by atoms with van der Waals surface area (Å²) in [4.78, 5) is 24.3. The summed E-state index contributed by atoms with van der Waals surface area (Å²) in [7, 11) is 0. The van der Waals surface area contributed by atoms with Crippen LogP contribution < -0.4 is 10.6 Å². The Kier molecular flexibility index (Phi) is 5.15. The van der Waals surface area contributed by atoms with Crippen LogP contribution in [0.2, 0.25) is 0 Å². The summed E-state index contributed by atoms with van der Waals surface area (Å²) < 4.78 is 0. The molecule has 0 aliphatic heterocycles. The van der Waals surface area contributed by atoms with E-state index in [1.807, 2.05) is 37.3 Å². The lowest BCUT2D eigenvalue weighted by atomic mass is 10.0. The van der Waals surface area contributed by atoms with E-state index in [0.717, 1.165) is 12.1 Å². The van der Waals surface area contributed by atoms with Gasteiger partial charge in [0.25, 0.3) is 0 Å². The number of carbonyl (C=O) groups excluding carboxylic acids is 2. The van der Waals surface area contributed by atoms with Gasteiger partial charge in [-0.15, -0.1) is 0 Å². The van der Waals surface area contributed by atoms with Gasteiger partial charge in [-0.05, 0) is 31.4 Å². The zero-order valence-electron chi connectivity index (χ0n) is 13.2. The molecule has 0 aromatic heterocycles. The summed E-state index contributed by atoms with van der Waals surface area (Å²) >= 11 is 0. The Balaban J connectivity index is 2.04. The predicted molar refractivity (Wildman–Crippen MR) is 88.3 cm³/mol. The monoisotopic (exact) mass is 298 g/mol. The van der Waals surface area contributed by atoms with Gasteiger partial charge in [0.05, 0.1) is 11.4 Å². The number of anilines is 1. The van der Waals surface area contributed by atoms with Crippen LogP contribution in [0.15, 0.2) is 53.9 Å². The quantitative estimate of drug-likeness (QED) is 0.793. The molecule has 4 nitrogen and oxygen atoms in total. The van der Waals surface area contributed by atoms with Crippen molar-refractivity contribution in [2.75, 3.05) is 5.32 Å². The Bertz CT molecular complexity index is 615. The Hall–Kier alpha value is -2.36. The van der Waals surface area contributed by atoms with Crippen molar-refractivity contribution >= 4 is 17.3 Å². The van der Waals surface area contributed by atoms with Gasteiger partial charge < -0.3 is 10.6 Å². The molecule has 116 valence electrons. The third kappa shape index (κ3) is 4.32. The van der Waals surface area contributed by atoms with Crippen LogP contribution in [0.1, 0.15) is 27.2 Å². The number of carbonyl (C=O) groups is 2. The van der Waals surface area contributed by atoms with E-state index in [-0.39, 0.29) is 17.6 Å². The fraction of sp³-hybridized carbons (Fsp3) is 0.333. The molecule has 2 rings (SSSR count). The second-order valence-corrected chi connectivity index (χ2v) is 6.01. The second-order valence-electron chi connectivity index (χ2n) is 6.01. The van der Waals surface area contributed by atoms with Gasteiger partial charge in [0, 0.05) is 23.9 Å². The number of allylic oxidation sites excluding steroid dienone is 2. The SMILES string of the molecule is CC(C)C[C@@H](C)NC1=CC(=O)C(Nc2ccccc2)=CC1=O. The molecule has 1 atom stereocenters. The molecule has 1 aromatic carbocycles. The summed E-state index contributed by atoms with van der Waals surface area (Å²) in [6.07, 6.45) is 3.68. The molecule has 0 saturated heterocycles. The fourth-order valence-electron chi connectivity index (χ4n) is 2.48. The lowest BCUT2D eigenvalue weighted by molar-refractivity contribution is -0.115. The minimum Gasteiger partial charge on any atom is -0.379 e. The van der Waals surface area contributed by atoms with E-state index >= 15 is 0 Å². The average Bonchev–Trinajstić information content (AvgIpc) is 2.44. The molecule has 1 aromatic rings. The molecule has 1 aliphatic carbocycles. The molecule has 0 heterocycles. The summed E-state index contributed by atoms with van der Waals surface area (Å²) in [5.41, 5.74) is 1.46. The largest absolute Gasteiger partial charge is 0.379 e. The summed E-state index contributed by atoms with van der Waals surface area (Å²) in [5.74, 6) is 0.166. The highest BCUT2D eigenvalue weighted by Crippen LogP contribution is 2.16. The van der Waals surface area contributed by atoms with Gasteiger partial charge in [0.1, 0.15) is 0 Å². The zero-order chi connectivity index (χ0) is 16.1. The first kappa shape index (κ1) is 16.0. The topological polar surface area (TPSA) is 58.2 Å². The van der Waals surface area contributed by atoms with Crippen LogP contribution in [-0.2, 0) is 9.59 Å². The van der Waals surface area contributed by atoms with E-state index in [9.17, 15) is 9.59 Å². The maximum absolute atomic E-state index is 12.2. The van der Waals surface area contributed by atoms with Gasteiger partial charge in [-0.1, -0.05) is 32.0 Å². The maximum atomic E-state index is 12.2. The molecule has 0 spiro atoms. The Morgan fingerprint density at radius 1 is 0.909 bits per heavy atom. The first-order valence-electron chi connectivity index (χ1n) is 7.56. The molecule has 2 N–H and O–H groups in total. The van der Waals surface area contributed by atoms with Crippen molar-refractivity contribution in [3.63, 3.8) is 0 Å². The molecule has 0 saturated carbocycles. The second kappa shape index (κ2) is 7.07. The van der Waals surface area contributed by atoms with E-state index < -0.39 is 0 Å². The lowest BCUT2D eigenvalue weighted by Crippen LogP contribution is -2.33. The molecule has 22 heavy (non-hydrogen) atoms. The molecule has 1 aliphatic rings. The van der Waals surface area contributed by atoms with Crippen molar-refractivity contribution in [3.05, 3.63) is 53.9 Å². The normalized spacial score (nSPS) is 16.2. The summed E-state index contributed by atoms with van der Waals surface area (Å²) in [5, 5.41) is 6.12. The fourth-order valence-corrected chi connectivity index (χ4v) is 2.48. The van der Waals surface area contributed by atoms with Crippen LogP contribution >= 0.6 is 0 Å². The van der Waals surface area contributed by atoms with E-state index in [4.69, 9.17) is 0 Å². The van der Waals surface area contributed by atoms with Crippen LogP contribution in [0.4, 0.5) is 5.69 Å². The third-order valence-electron chi connectivity index (χ3n) is 3.36. The van der Waals surface area contributed by atoms with Gasteiger partial charge >= 0.3 is 0 Å². The number of rotatable bonds is 6. The van der Waals surface area contributed by atoms with Gasteiger partial charge in [-0.3, -0.25) is 9.59 Å². The molecular formula is C18H22N2O2. The van der Waals surface area contributed by atoms with E-state index in [2.05, 4.69) is 24.5 Å². The van der Waals surface area contributed by atoms with Crippen LogP contribution in [0, 0.1) is 5.92 Å². The van der Waals surface area contributed by atoms with E-state index in [0.29, 0.717) is 17.3 Å². The number of para-hydroxylation sites is 1. The average molecular weight is 298 g/mol. The first-order chi connectivity index (χ1) is 10.5. The van der Waals surface area contributed by atoms with Crippen molar-refractivity contribution in [1.29, 1.82) is 0 Å². The van der Waals surface area contributed by atoms with Crippen molar-refractivity contribution in [1.82, 2.24) is 5.32 Å². The smallest absolute Gasteiger partial charge is 0.204 e. The van der Waals surface area contributed by atoms with E-state index in [1.165, 1.54) is 12.2 Å². The molecule has 0 bridgehead atoms. The van der Waals surface area contributed by atoms with Crippen LogP contribution in [0.3, 0.4) is 0 Å². The number of hydrogen-bond acceptors (Lipinski definition) is 4. The van der Waals surface area contributed by atoms with Crippen LogP contribution in [-0.4, -0.2) is 17.6 Å². The molecule has 0 radical (unpaired) electrons. The summed E-state index contributed by atoms with van der Waals surface area (Å²) in [6, 6.07) is 9.48. The lowest BCUT2D eigenvalue weighted by Gasteiger charge is -2.20. The standard InChI is InChI=1S/C18H22N2O2/c1-12(2)9-13(3)19-15-10-18(22)16(11-17(15)21)20-14-7-5-4-6-8-14/h4-8,10-13,19-20H,9H2,1-3H3/t13-/m1/s1. The maximum Gasteiger partial charge on any atom is 0.204 e. The molecule has 0 unspecified atom stereocenters. The third-order valence-corrected chi connectivity index (χ3v) is 3.36.